The van der Waals surface area contributed by atoms with Crippen LogP contribution in [0.1, 0.15) is 106 Å². The lowest BCUT2D eigenvalue weighted by atomic mass is 9.44. The van der Waals surface area contributed by atoms with Crippen molar-refractivity contribution in [2.75, 3.05) is 0 Å². The van der Waals surface area contributed by atoms with E-state index < -0.39 is 17.8 Å². The Bertz CT molecular complexity index is 731. The van der Waals surface area contributed by atoms with Gasteiger partial charge in [-0.2, -0.15) is 0 Å². The third-order valence-corrected chi connectivity index (χ3v) is 11.9. The molecule has 4 rings (SSSR count). The zero-order valence-corrected chi connectivity index (χ0v) is 22.0. The van der Waals surface area contributed by atoms with E-state index in [1.165, 1.54) is 19.3 Å². The highest BCUT2D eigenvalue weighted by molar-refractivity contribution is 5.83. The summed E-state index contributed by atoms with van der Waals surface area (Å²) in [5.74, 6) is 0.0656. The fraction of sp³-hybridized carbons (Fsp3) is 0.966. The first kappa shape index (κ1) is 25.6. The standard InChI is InChI=1S/C29H50O4/c1-7-19(17(2)3)26(31)29(32,33)18(4)21-11-12-22-20-16-25(30)24-10-8-9-14-27(24,5)23(20)13-15-28(21,22)6/h17-24,26,31-33H,7-16H2,1-6H3/t18-,19-,20-,21-,22+,23+,24?,26?,27+,28+/m1/s1. The van der Waals surface area contributed by atoms with Gasteiger partial charge in [0.15, 0.2) is 5.79 Å². The van der Waals surface area contributed by atoms with Gasteiger partial charge >= 0.3 is 0 Å². The van der Waals surface area contributed by atoms with Crippen LogP contribution in [0.5, 0.6) is 0 Å². The second-order valence-corrected chi connectivity index (χ2v) is 13.4. The van der Waals surface area contributed by atoms with Gasteiger partial charge in [0.25, 0.3) is 0 Å². The summed E-state index contributed by atoms with van der Waals surface area (Å²) in [6.45, 7) is 12.8. The molecule has 4 aliphatic carbocycles. The lowest BCUT2D eigenvalue weighted by Gasteiger charge is -2.60. The molecular weight excluding hydrogens is 412 g/mol. The average Bonchev–Trinajstić information content (AvgIpc) is 3.10. The Morgan fingerprint density at radius 3 is 2.27 bits per heavy atom. The fourth-order valence-corrected chi connectivity index (χ4v) is 9.90. The molecule has 0 heterocycles. The van der Waals surface area contributed by atoms with Crippen LogP contribution >= 0.6 is 0 Å². The van der Waals surface area contributed by atoms with E-state index in [0.717, 1.165) is 44.9 Å². The molecule has 0 aromatic carbocycles. The number of Topliss-reactive ketones (excluding diaryl/α,β-unsaturated/α-hetero) is 1. The second-order valence-electron chi connectivity index (χ2n) is 13.4. The number of carbonyl (C=O) groups is 1. The first-order valence-corrected chi connectivity index (χ1v) is 14.0. The van der Waals surface area contributed by atoms with Crippen molar-refractivity contribution in [1.82, 2.24) is 0 Å². The molecule has 4 aliphatic rings. The molecule has 0 aromatic rings. The molecule has 2 unspecified atom stereocenters. The molecule has 0 spiro atoms. The van der Waals surface area contributed by atoms with Crippen molar-refractivity contribution < 1.29 is 20.1 Å². The maximum absolute atomic E-state index is 13.3. The van der Waals surface area contributed by atoms with Crippen molar-refractivity contribution in [1.29, 1.82) is 0 Å². The monoisotopic (exact) mass is 462 g/mol. The Hall–Kier alpha value is -0.450. The molecule has 0 amide bonds. The van der Waals surface area contributed by atoms with E-state index in [0.29, 0.717) is 23.5 Å². The van der Waals surface area contributed by atoms with Crippen molar-refractivity contribution in [2.24, 2.45) is 58.2 Å². The van der Waals surface area contributed by atoms with Crippen LogP contribution in [0.2, 0.25) is 0 Å². The summed E-state index contributed by atoms with van der Waals surface area (Å²) in [6, 6.07) is 0. The summed E-state index contributed by atoms with van der Waals surface area (Å²) in [7, 11) is 0. The van der Waals surface area contributed by atoms with Crippen LogP contribution in [0.25, 0.3) is 0 Å². The van der Waals surface area contributed by atoms with Gasteiger partial charge in [-0.1, -0.05) is 60.8 Å². The minimum Gasteiger partial charge on any atom is -0.387 e. The molecule has 4 saturated carbocycles. The topological polar surface area (TPSA) is 77.8 Å². The summed E-state index contributed by atoms with van der Waals surface area (Å²) in [4.78, 5) is 13.3. The summed E-state index contributed by atoms with van der Waals surface area (Å²) < 4.78 is 0. The van der Waals surface area contributed by atoms with E-state index in [-0.39, 0.29) is 34.5 Å². The van der Waals surface area contributed by atoms with Gasteiger partial charge in [0.2, 0.25) is 0 Å². The minimum absolute atomic E-state index is 0.00863. The molecular formula is C29H50O4. The first-order chi connectivity index (χ1) is 15.4. The molecule has 0 saturated heterocycles. The Morgan fingerprint density at radius 2 is 1.64 bits per heavy atom. The number of fused-ring (bicyclic) bond motifs is 5. The number of aliphatic hydroxyl groups excluding tert-OH is 1. The molecule has 3 N–H and O–H groups in total. The number of ketones is 1. The van der Waals surface area contributed by atoms with Crippen molar-refractivity contribution in [3.8, 4) is 0 Å². The highest BCUT2D eigenvalue weighted by Gasteiger charge is 2.63. The van der Waals surface area contributed by atoms with Gasteiger partial charge in [-0.15, -0.1) is 0 Å². The van der Waals surface area contributed by atoms with Crippen molar-refractivity contribution in [2.45, 2.75) is 118 Å². The highest BCUT2D eigenvalue weighted by Crippen LogP contribution is 2.68. The SMILES string of the molecule is CC[C@H](C(C)C)C(O)C(O)(O)[C@H](C)[C@H]1CC[C@H]2[C@H]3CC(=O)C4CCCC[C@@]4(C)[C@H]3CC[C@@]12C. The van der Waals surface area contributed by atoms with Gasteiger partial charge in [-0.3, -0.25) is 4.79 Å². The van der Waals surface area contributed by atoms with Crippen LogP contribution in [-0.4, -0.2) is 33.0 Å². The van der Waals surface area contributed by atoms with Crippen LogP contribution in [0.3, 0.4) is 0 Å². The fourth-order valence-electron chi connectivity index (χ4n) is 9.90. The molecule has 33 heavy (non-hydrogen) atoms. The maximum Gasteiger partial charge on any atom is 0.192 e. The summed E-state index contributed by atoms with van der Waals surface area (Å²) in [6.07, 6.45) is 9.39. The molecule has 4 nitrogen and oxygen atoms in total. The summed E-state index contributed by atoms with van der Waals surface area (Å²) in [5, 5.41) is 33.6. The molecule has 0 radical (unpaired) electrons. The number of hydrogen-bond donors (Lipinski definition) is 3. The first-order valence-electron chi connectivity index (χ1n) is 14.0. The largest absolute Gasteiger partial charge is 0.387 e. The predicted octanol–water partition coefficient (Wildman–Crippen LogP) is 5.57. The molecule has 4 fully saturated rings. The van der Waals surface area contributed by atoms with Crippen LogP contribution in [-0.2, 0) is 4.79 Å². The zero-order valence-electron chi connectivity index (χ0n) is 22.0. The average molecular weight is 463 g/mol. The molecule has 0 aromatic heterocycles. The Kier molecular flexibility index (Phi) is 6.91. The maximum atomic E-state index is 13.3. The van der Waals surface area contributed by atoms with Gasteiger partial charge < -0.3 is 15.3 Å². The van der Waals surface area contributed by atoms with Crippen LogP contribution in [0, 0.1) is 58.2 Å². The highest BCUT2D eigenvalue weighted by atomic mass is 16.5. The van der Waals surface area contributed by atoms with E-state index in [2.05, 4.69) is 13.8 Å². The third kappa shape index (κ3) is 3.85. The van der Waals surface area contributed by atoms with E-state index in [9.17, 15) is 20.1 Å². The van der Waals surface area contributed by atoms with E-state index in [1.54, 1.807) is 0 Å². The Labute approximate surface area is 201 Å². The summed E-state index contributed by atoms with van der Waals surface area (Å²) >= 11 is 0. The van der Waals surface area contributed by atoms with Crippen molar-refractivity contribution >= 4 is 5.78 Å². The molecule has 190 valence electrons. The summed E-state index contributed by atoms with van der Waals surface area (Å²) in [5.41, 5.74) is 0.178. The molecule has 10 atom stereocenters. The van der Waals surface area contributed by atoms with Gasteiger partial charge in [-0.05, 0) is 84.9 Å². The molecule has 0 bridgehead atoms. The Morgan fingerprint density at radius 1 is 0.970 bits per heavy atom. The molecule has 4 heteroatoms. The van der Waals surface area contributed by atoms with Gasteiger partial charge in [0.05, 0.1) is 0 Å². The Balaban J connectivity index is 1.58. The number of rotatable bonds is 6. The molecule has 0 aliphatic heterocycles. The van der Waals surface area contributed by atoms with Crippen LogP contribution in [0.4, 0.5) is 0 Å². The lowest BCUT2D eigenvalue weighted by Crippen LogP contribution is -2.58. The minimum atomic E-state index is -2.09. The van der Waals surface area contributed by atoms with E-state index in [1.807, 2.05) is 27.7 Å². The van der Waals surface area contributed by atoms with Gasteiger partial charge in [0, 0.05) is 18.3 Å². The normalized spacial score (nSPS) is 44.1. The third-order valence-electron chi connectivity index (χ3n) is 11.9. The smallest absolute Gasteiger partial charge is 0.192 e. The number of carbonyl (C=O) groups excluding carboxylic acids is 1. The number of hydrogen-bond acceptors (Lipinski definition) is 4. The second kappa shape index (κ2) is 8.89. The van der Waals surface area contributed by atoms with Crippen LogP contribution in [0.15, 0.2) is 0 Å². The van der Waals surface area contributed by atoms with Crippen molar-refractivity contribution in [3.05, 3.63) is 0 Å². The van der Waals surface area contributed by atoms with Crippen molar-refractivity contribution in [3.63, 3.8) is 0 Å². The van der Waals surface area contributed by atoms with Crippen LogP contribution < -0.4 is 0 Å². The quantitative estimate of drug-likeness (QED) is 0.451. The van der Waals surface area contributed by atoms with E-state index >= 15 is 0 Å². The van der Waals surface area contributed by atoms with Gasteiger partial charge in [-0.25, -0.2) is 0 Å². The zero-order chi connectivity index (χ0) is 24.3. The predicted molar refractivity (Wildman–Crippen MR) is 131 cm³/mol. The number of aliphatic hydroxyl groups is 3. The lowest BCUT2D eigenvalue weighted by molar-refractivity contribution is -0.284. The van der Waals surface area contributed by atoms with Gasteiger partial charge in [0.1, 0.15) is 11.9 Å². The van der Waals surface area contributed by atoms with E-state index in [4.69, 9.17) is 0 Å².